The van der Waals surface area contributed by atoms with Gasteiger partial charge >= 0.3 is 6.18 Å². The molecule has 1 aliphatic rings. The van der Waals surface area contributed by atoms with Gasteiger partial charge in [-0.1, -0.05) is 30.3 Å². The fraction of sp³-hybridized carbons (Fsp3) is 0.176. The molecule has 0 amide bonds. The summed E-state index contributed by atoms with van der Waals surface area (Å²) in [5.41, 5.74) is 7.00. The van der Waals surface area contributed by atoms with E-state index in [-0.39, 0.29) is 6.04 Å². The van der Waals surface area contributed by atoms with E-state index in [0.717, 1.165) is 17.7 Å². The van der Waals surface area contributed by atoms with Gasteiger partial charge in [-0.2, -0.15) is 18.3 Å². The molecule has 0 fully saturated rings. The average molecular weight is 333 g/mol. The summed E-state index contributed by atoms with van der Waals surface area (Å²) in [6, 6.07) is 14.6. The van der Waals surface area contributed by atoms with Crippen molar-refractivity contribution in [3.8, 4) is 0 Å². The first-order valence-corrected chi connectivity index (χ1v) is 7.25. The fourth-order valence-electron chi connectivity index (χ4n) is 2.63. The fourth-order valence-corrected chi connectivity index (χ4v) is 2.63. The number of anilines is 1. The zero-order chi connectivity index (χ0) is 17.3. The molecular formula is C17H14F3N3O. The summed E-state index contributed by atoms with van der Waals surface area (Å²) in [6.45, 7) is 0. The second-order valence-electron chi connectivity index (χ2n) is 5.44. The SMILES string of the molecule is NC1=NN(c2ccc(C(=O)C(F)(F)F)cc2)C(c2ccccc2)C1. The molecule has 0 aromatic heterocycles. The first-order chi connectivity index (χ1) is 11.4. The molecule has 1 aliphatic heterocycles. The van der Waals surface area contributed by atoms with Gasteiger partial charge in [-0.15, -0.1) is 0 Å². The summed E-state index contributed by atoms with van der Waals surface area (Å²) < 4.78 is 37.4. The van der Waals surface area contributed by atoms with E-state index < -0.39 is 17.5 Å². The molecule has 0 saturated carbocycles. The lowest BCUT2D eigenvalue weighted by Crippen LogP contribution is -2.23. The van der Waals surface area contributed by atoms with Gasteiger partial charge in [0.2, 0.25) is 0 Å². The van der Waals surface area contributed by atoms with Crippen LogP contribution in [0.4, 0.5) is 18.9 Å². The van der Waals surface area contributed by atoms with Gasteiger partial charge in [0.05, 0.1) is 11.7 Å². The highest BCUT2D eigenvalue weighted by Gasteiger charge is 2.39. The van der Waals surface area contributed by atoms with Crippen LogP contribution in [-0.2, 0) is 0 Å². The van der Waals surface area contributed by atoms with Gasteiger partial charge in [-0.05, 0) is 29.8 Å². The Morgan fingerprint density at radius 1 is 1.08 bits per heavy atom. The first kappa shape index (κ1) is 16.0. The highest BCUT2D eigenvalue weighted by atomic mass is 19.4. The van der Waals surface area contributed by atoms with E-state index in [2.05, 4.69) is 5.10 Å². The lowest BCUT2D eigenvalue weighted by Gasteiger charge is -2.24. The third-order valence-electron chi connectivity index (χ3n) is 3.77. The van der Waals surface area contributed by atoms with Crippen LogP contribution in [0.1, 0.15) is 28.4 Å². The molecule has 2 aromatic carbocycles. The number of benzene rings is 2. The molecule has 7 heteroatoms. The minimum Gasteiger partial charge on any atom is -0.386 e. The second-order valence-corrected chi connectivity index (χ2v) is 5.44. The maximum atomic E-state index is 12.5. The molecule has 0 bridgehead atoms. The van der Waals surface area contributed by atoms with Gasteiger partial charge in [0.1, 0.15) is 5.84 Å². The summed E-state index contributed by atoms with van der Waals surface area (Å²) in [5.74, 6) is -1.42. The Hall–Kier alpha value is -2.83. The van der Waals surface area contributed by atoms with Gasteiger partial charge in [0, 0.05) is 12.0 Å². The number of hydrogen-bond donors (Lipinski definition) is 1. The van der Waals surface area contributed by atoms with Crippen molar-refractivity contribution < 1.29 is 18.0 Å². The minimum atomic E-state index is -4.88. The van der Waals surface area contributed by atoms with Gasteiger partial charge in [-0.3, -0.25) is 9.80 Å². The number of carbonyl (C=O) groups excluding carboxylic acids is 1. The van der Waals surface area contributed by atoms with Crippen LogP contribution in [0.15, 0.2) is 59.7 Å². The number of Topliss-reactive ketones (excluding diaryl/α,β-unsaturated/α-hetero) is 1. The summed E-state index contributed by atoms with van der Waals surface area (Å²) in [7, 11) is 0. The van der Waals surface area contributed by atoms with E-state index in [1.54, 1.807) is 5.01 Å². The molecule has 4 nitrogen and oxygen atoms in total. The Morgan fingerprint density at radius 3 is 2.29 bits per heavy atom. The molecule has 0 spiro atoms. The lowest BCUT2D eigenvalue weighted by molar-refractivity contribution is -0.0885. The molecule has 2 aromatic rings. The predicted octanol–water partition coefficient (Wildman–Crippen LogP) is 3.66. The average Bonchev–Trinajstić information content (AvgIpc) is 2.96. The molecule has 124 valence electrons. The summed E-state index contributed by atoms with van der Waals surface area (Å²) in [4.78, 5) is 11.3. The van der Waals surface area contributed by atoms with Crippen molar-refractivity contribution in [2.45, 2.75) is 18.6 Å². The molecule has 1 unspecified atom stereocenters. The monoisotopic (exact) mass is 333 g/mol. The Morgan fingerprint density at radius 2 is 1.71 bits per heavy atom. The lowest BCUT2D eigenvalue weighted by atomic mass is 10.0. The number of carbonyl (C=O) groups is 1. The van der Waals surface area contributed by atoms with Crippen molar-refractivity contribution in [1.29, 1.82) is 0 Å². The largest absolute Gasteiger partial charge is 0.454 e. The standard InChI is InChI=1S/C17H14F3N3O/c18-17(19,20)16(24)12-6-8-13(9-7-12)23-14(10-15(21)22-23)11-4-2-1-3-5-11/h1-9,14H,10H2,(H2,21,22). The normalized spacial score (nSPS) is 17.7. The minimum absolute atomic E-state index is 0.129. The van der Waals surface area contributed by atoms with E-state index in [1.165, 1.54) is 12.1 Å². The van der Waals surface area contributed by atoms with Crippen LogP contribution in [0.2, 0.25) is 0 Å². The van der Waals surface area contributed by atoms with E-state index in [9.17, 15) is 18.0 Å². The third-order valence-corrected chi connectivity index (χ3v) is 3.77. The van der Waals surface area contributed by atoms with Crippen LogP contribution in [0.5, 0.6) is 0 Å². The molecule has 1 atom stereocenters. The Bertz CT molecular complexity index is 770. The predicted molar refractivity (Wildman–Crippen MR) is 84.7 cm³/mol. The van der Waals surface area contributed by atoms with Crippen LogP contribution in [0.25, 0.3) is 0 Å². The van der Waals surface area contributed by atoms with Crippen LogP contribution < -0.4 is 10.7 Å². The maximum absolute atomic E-state index is 12.5. The molecule has 2 N–H and O–H groups in total. The van der Waals surface area contributed by atoms with Crippen LogP contribution in [0, 0.1) is 0 Å². The van der Waals surface area contributed by atoms with Crippen LogP contribution >= 0.6 is 0 Å². The van der Waals surface area contributed by atoms with Crippen LogP contribution in [-0.4, -0.2) is 17.8 Å². The van der Waals surface area contributed by atoms with Crippen molar-refractivity contribution in [3.05, 3.63) is 65.7 Å². The zero-order valence-corrected chi connectivity index (χ0v) is 12.5. The Balaban J connectivity index is 1.88. The van der Waals surface area contributed by atoms with E-state index in [0.29, 0.717) is 17.9 Å². The number of amidine groups is 1. The first-order valence-electron chi connectivity index (χ1n) is 7.25. The Labute approximate surface area is 136 Å². The van der Waals surface area contributed by atoms with Gasteiger partial charge in [-0.25, -0.2) is 0 Å². The zero-order valence-electron chi connectivity index (χ0n) is 12.5. The number of hydrogen-bond acceptors (Lipinski definition) is 4. The number of nitrogens with two attached hydrogens (primary N) is 1. The van der Waals surface area contributed by atoms with Gasteiger partial charge < -0.3 is 5.73 Å². The summed E-state index contributed by atoms with van der Waals surface area (Å²) in [6.07, 6.45) is -4.36. The molecule has 24 heavy (non-hydrogen) atoms. The van der Waals surface area contributed by atoms with Crippen LogP contribution in [0.3, 0.4) is 0 Å². The van der Waals surface area contributed by atoms with Crippen molar-refractivity contribution in [3.63, 3.8) is 0 Å². The number of nitrogens with zero attached hydrogens (tertiary/aromatic N) is 2. The molecular weight excluding hydrogens is 319 g/mol. The van der Waals surface area contributed by atoms with Gasteiger partial charge in [0.15, 0.2) is 0 Å². The maximum Gasteiger partial charge on any atom is 0.454 e. The Kier molecular flexibility index (Phi) is 4.01. The number of alkyl halides is 3. The number of rotatable bonds is 3. The van der Waals surface area contributed by atoms with Crippen molar-refractivity contribution in [1.82, 2.24) is 0 Å². The second kappa shape index (κ2) is 5.99. The van der Waals surface area contributed by atoms with E-state index >= 15 is 0 Å². The highest BCUT2D eigenvalue weighted by molar-refractivity contribution is 6.00. The van der Waals surface area contributed by atoms with Gasteiger partial charge in [0.25, 0.3) is 5.78 Å². The third kappa shape index (κ3) is 3.10. The number of halogens is 3. The van der Waals surface area contributed by atoms with Crippen molar-refractivity contribution in [2.24, 2.45) is 10.8 Å². The topological polar surface area (TPSA) is 58.7 Å². The summed E-state index contributed by atoms with van der Waals surface area (Å²) >= 11 is 0. The van der Waals surface area contributed by atoms with E-state index in [1.807, 2.05) is 30.3 Å². The molecule has 1 heterocycles. The molecule has 0 radical (unpaired) electrons. The molecule has 0 saturated heterocycles. The van der Waals surface area contributed by atoms with Crippen molar-refractivity contribution >= 4 is 17.3 Å². The number of ketones is 1. The quantitative estimate of drug-likeness (QED) is 0.872. The molecule has 0 aliphatic carbocycles. The van der Waals surface area contributed by atoms with E-state index in [4.69, 9.17) is 5.73 Å². The number of hydrazone groups is 1. The molecule has 3 rings (SSSR count). The smallest absolute Gasteiger partial charge is 0.386 e. The highest BCUT2D eigenvalue weighted by Crippen LogP contribution is 2.34. The van der Waals surface area contributed by atoms with Crippen molar-refractivity contribution in [2.75, 3.05) is 5.01 Å². The summed E-state index contributed by atoms with van der Waals surface area (Å²) in [5, 5.41) is 5.92.